The van der Waals surface area contributed by atoms with Crippen LogP contribution in [-0.2, 0) is 28.6 Å². The summed E-state index contributed by atoms with van der Waals surface area (Å²) in [6.07, 6.45) is 8.08. The van der Waals surface area contributed by atoms with Crippen LogP contribution >= 0.6 is 0 Å². The molecule has 0 radical (unpaired) electrons. The van der Waals surface area contributed by atoms with Crippen LogP contribution in [0.25, 0.3) is 0 Å². The van der Waals surface area contributed by atoms with E-state index in [1.165, 1.54) is 6.26 Å². The SMILES string of the molecule is CS(=O)(=O)Cc1c(OC(Cn2ccnc2)c2ccccc2)ccc2c1CCCC2=O. The number of carbonyl (C=O) groups is 1. The number of Topliss-reactive ketones (excluding diaryl/α,β-unsaturated/α-hetero) is 1. The molecule has 1 aromatic heterocycles. The Bertz CT molecular complexity index is 1140. The summed E-state index contributed by atoms with van der Waals surface area (Å²) in [5.41, 5.74) is 3.02. The molecular weight excluding hydrogens is 400 g/mol. The van der Waals surface area contributed by atoms with E-state index in [4.69, 9.17) is 4.74 Å². The third-order valence-electron chi connectivity index (χ3n) is 5.30. The fraction of sp³-hybridized carbons (Fsp3) is 0.304. The zero-order valence-electron chi connectivity index (χ0n) is 16.8. The van der Waals surface area contributed by atoms with E-state index in [1.54, 1.807) is 24.7 Å². The number of carbonyl (C=O) groups excluding carboxylic acids is 1. The van der Waals surface area contributed by atoms with Crippen LogP contribution in [0.5, 0.6) is 5.75 Å². The van der Waals surface area contributed by atoms with Gasteiger partial charge >= 0.3 is 0 Å². The Hall–Kier alpha value is -2.93. The summed E-state index contributed by atoms with van der Waals surface area (Å²) >= 11 is 0. The standard InChI is InChI=1S/C23H24N2O4S/c1-30(27,28)15-20-18-8-5-9-21(26)19(18)10-11-22(20)29-23(14-25-13-12-24-16-25)17-6-3-2-4-7-17/h2-4,6-7,10-13,16,23H,5,8-9,14-15H2,1H3. The lowest BCUT2D eigenvalue weighted by molar-refractivity contribution is 0.0972. The van der Waals surface area contributed by atoms with Crippen LogP contribution in [0, 0.1) is 0 Å². The van der Waals surface area contributed by atoms with Crippen molar-refractivity contribution in [3.8, 4) is 5.75 Å². The predicted octanol–water partition coefficient (Wildman–Crippen LogP) is 3.77. The van der Waals surface area contributed by atoms with E-state index in [-0.39, 0.29) is 17.6 Å². The van der Waals surface area contributed by atoms with Gasteiger partial charge < -0.3 is 9.30 Å². The van der Waals surface area contributed by atoms with Gasteiger partial charge in [-0.25, -0.2) is 13.4 Å². The Morgan fingerprint density at radius 3 is 2.63 bits per heavy atom. The van der Waals surface area contributed by atoms with Crippen molar-refractivity contribution in [2.75, 3.05) is 6.26 Å². The molecule has 1 heterocycles. The summed E-state index contributed by atoms with van der Waals surface area (Å²) in [5.74, 6) is 0.434. The maximum absolute atomic E-state index is 12.4. The molecule has 1 aliphatic carbocycles. The molecule has 1 atom stereocenters. The first kappa shape index (κ1) is 20.3. The first-order chi connectivity index (χ1) is 14.4. The highest BCUT2D eigenvalue weighted by atomic mass is 32.2. The first-order valence-corrected chi connectivity index (χ1v) is 12.0. The van der Waals surface area contributed by atoms with Crippen molar-refractivity contribution in [3.05, 3.63) is 83.4 Å². The van der Waals surface area contributed by atoms with Gasteiger partial charge in [-0.3, -0.25) is 4.79 Å². The van der Waals surface area contributed by atoms with Crippen molar-refractivity contribution in [3.63, 3.8) is 0 Å². The van der Waals surface area contributed by atoms with E-state index < -0.39 is 9.84 Å². The minimum absolute atomic E-state index is 0.0653. The van der Waals surface area contributed by atoms with Crippen LogP contribution in [0.2, 0.25) is 0 Å². The van der Waals surface area contributed by atoms with Gasteiger partial charge in [-0.2, -0.15) is 0 Å². The average Bonchev–Trinajstić information content (AvgIpc) is 3.22. The second kappa shape index (κ2) is 8.44. The maximum Gasteiger partial charge on any atom is 0.163 e. The van der Waals surface area contributed by atoms with Crippen LogP contribution in [0.1, 0.15) is 46.0 Å². The second-order valence-electron chi connectivity index (χ2n) is 7.69. The van der Waals surface area contributed by atoms with Gasteiger partial charge in [0.15, 0.2) is 15.6 Å². The highest BCUT2D eigenvalue weighted by molar-refractivity contribution is 7.89. The van der Waals surface area contributed by atoms with Crippen molar-refractivity contribution in [2.45, 2.75) is 37.7 Å². The van der Waals surface area contributed by atoms with Crippen LogP contribution in [0.15, 0.2) is 61.2 Å². The zero-order chi connectivity index (χ0) is 21.1. The predicted molar refractivity (Wildman–Crippen MR) is 114 cm³/mol. The molecule has 7 heteroatoms. The molecule has 0 fully saturated rings. The lowest BCUT2D eigenvalue weighted by atomic mass is 9.87. The highest BCUT2D eigenvalue weighted by Gasteiger charge is 2.26. The molecule has 0 spiro atoms. The maximum atomic E-state index is 12.4. The topological polar surface area (TPSA) is 78.3 Å². The van der Waals surface area contributed by atoms with Gasteiger partial charge in [0.25, 0.3) is 0 Å². The summed E-state index contributed by atoms with van der Waals surface area (Å²) < 4.78 is 32.7. The average molecular weight is 425 g/mol. The van der Waals surface area contributed by atoms with Crippen molar-refractivity contribution in [1.29, 1.82) is 0 Å². The van der Waals surface area contributed by atoms with Crippen LogP contribution < -0.4 is 4.74 Å². The van der Waals surface area contributed by atoms with Crippen LogP contribution in [0.3, 0.4) is 0 Å². The quantitative estimate of drug-likeness (QED) is 0.577. The third kappa shape index (κ3) is 4.62. The van der Waals surface area contributed by atoms with E-state index in [1.807, 2.05) is 41.1 Å². The lowest BCUT2D eigenvalue weighted by Crippen LogP contribution is -2.19. The van der Waals surface area contributed by atoms with Crippen molar-refractivity contribution < 1.29 is 17.9 Å². The Morgan fingerprint density at radius 1 is 1.13 bits per heavy atom. The smallest absolute Gasteiger partial charge is 0.163 e. The number of hydrogen-bond donors (Lipinski definition) is 0. The molecular formula is C23H24N2O4S. The number of benzene rings is 2. The summed E-state index contributed by atoms with van der Waals surface area (Å²) in [6, 6.07) is 13.3. The third-order valence-corrected chi connectivity index (χ3v) is 6.12. The fourth-order valence-corrected chi connectivity index (χ4v) is 4.77. The molecule has 4 rings (SSSR count). The van der Waals surface area contributed by atoms with Crippen molar-refractivity contribution in [1.82, 2.24) is 9.55 Å². The molecule has 2 aromatic carbocycles. The number of nitrogens with zero attached hydrogens (tertiary/aromatic N) is 2. The molecule has 0 bridgehead atoms. The van der Waals surface area contributed by atoms with E-state index in [0.29, 0.717) is 36.3 Å². The second-order valence-corrected chi connectivity index (χ2v) is 9.83. The number of hydrogen-bond acceptors (Lipinski definition) is 5. The monoisotopic (exact) mass is 424 g/mol. The van der Waals surface area contributed by atoms with Crippen LogP contribution in [-0.4, -0.2) is 30.0 Å². The van der Waals surface area contributed by atoms with Gasteiger partial charge in [0.05, 0.1) is 18.6 Å². The van der Waals surface area contributed by atoms with E-state index >= 15 is 0 Å². The molecule has 3 aromatic rings. The normalized spacial score (nSPS) is 14.9. The van der Waals surface area contributed by atoms with E-state index in [0.717, 1.165) is 17.5 Å². The highest BCUT2D eigenvalue weighted by Crippen LogP contribution is 2.35. The zero-order valence-corrected chi connectivity index (χ0v) is 17.6. The van der Waals surface area contributed by atoms with Gasteiger partial charge in [0, 0.05) is 36.2 Å². The summed E-state index contributed by atoms with van der Waals surface area (Å²) in [4.78, 5) is 16.5. The molecule has 1 aliphatic rings. The Morgan fingerprint density at radius 2 is 1.93 bits per heavy atom. The fourth-order valence-electron chi connectivity index (χ4n) is 3.93. The number of sulfone groups is 1. The van der Waals surface area contributed by atoms with Gasteiger partial charge in [-0.15, -0.1) is 0 Å². The minimum atomic E-state index is -3.31. The van der Waals surface area contributed by atoms with E-state index in [2.05, 4.69) is 4.98 Å². The minimum Gasteiger partial charge on any atom is -0.484 e. The van der Waals surface area contributed by atoms with Crippen LogP contribution in [0.4, 0.5) is 0 Å². The molecule has 0 N–H and O–H groups in total. The summed E-state index contributed by atoms with van der Waals surface area (Å²) in [6.45, 7) is 0.526. The van der Waals surface area contributed by atoms with Gasteiger partial charge in [-0.1, -0.05) is 30.3 Å². The molecule has 0 amide bonds. The van der Waals surface area contributed by atoms with Crippen molar-refractivity contribution >= 4 is 15.6 Å². The van der Waals surface area contributed by atoms with E-state index in [9.17, 15) is 13.2 Å². The van der Waals surface area contributed by atoms with Crippen molar-refractivity contribution in [2.24, 2.45) is 0 Å². The number of imidazole rings is 1. The molecule has 0 aliphatic heterocycles. The summed E-state index contributed by atoms with van der Waals surface area (Å²) in [7, 11) is -3.31. The number of ketones is 1. The Labute approximate surface area is 176 Å². The lowest BCUT2D eigenvalue weighted by Gasteiger charge is -2.25. The molecule has 1 unspecified atom stereocenters. The number of ether oxygens (including phenoxy) is 1. The largest absolute Gasteiger partial charge is 0.484 e. The molecule has 6 nitrogen and oxygen atoms in total. The first-order valence-electron chi connectivity index (χ1n) is 9.94. The molecule has 0 saturated heterocycles. The Kier molecular flexibility index (Phi) is 5.72. The molecule has 156 valence electrons. The number of rotatable bonds is 7. The molecule has 0 saturated carbocycles. The number of fused-ring (bicyclic) bond motifs is 1. The number of aromatic nitrogens is 2. The van der Waals surface area contributed by atoms with Gasteiger partial charge in [0.1, 0.15) is 11.9 Å². The van der Waals surface area contributed by atoms with Gasteiger partial charge in [-0.05, 0) is 36.1 Å². The molecule has 30 heavy (non-hydrogen) atoms. The Balaban J connectivity index is 1.76. The van der Waals surface area contributed by atoms with Gasteiger partial charge in [0.2, 0.25) is 0 Å². The summed E-state index contributed by atoms with van der Waals surface area (Å²) in [5, 5.41) is 0.